The van der Waals surface area contributed by atoms with Crippen LogP contribution in [0.2, 0.25) is 0 Å². The van der Waals surface area contributed by atoms with Crippen LogP contribution in [0.1, 0.15) is 38.5 Å². The van der Waals surface area contributed by atoms with Gasteiger partial charge in [0.2, 0.25) is 0 Å². The van der Waals surface area contributed by atoms with Crippen LogP contribution in [0.25, 0.3) is 0 Å². The van der Waals surface area contributed by atoms with Crippen LogP contribution in [-0.2, 0) is 9.47 Å². The first-order chi connectivity index (χ1) is 6.83. The van der Waals surface area contributed by atoms with Gasteiger partial charge in [0.05, 0.1) is 12.2 Å². The summed E-state index contributed by atoms with van der Waals surface area (Å²) in [6.45, 7) is 1.61. The highest BCUT2D eigenvalue weighted by atomic mass is 16.5. The molecule has 0 amide bonds. The van der Waals surface area contributed by atoms with Crippen LogP contribution >= 0.6 is 0 Å². The van der Waals surface area contributed by atoms with Crippen LogP contribution in [0.3, 0.4) is 0 Å². The van der Waals surface area contributed by atoms with Crippen LogP contribution in [0.5, 0.6) is 0 Å². The third-order valence-electron chi connectivity index (χ3n) is 2.69. The molecule has 0 bridgehead atoms. The normalized spacial score (nSPS) is 24.9. The summed E-state index contributed by atoms with van der Waals surface area (Å²) >= 11 is 0. The second-order valence-corrected chi connectivity index (χ2v) is 4.01. The van der Waals surface area contributed by atoms with Gasteiger partial charge in [-0.25, -0.2) is 0 Å². The summed E-state index contributed by atoms with van der Waals surface area (Å²) in [6, 6.07) is 0. The maximum absolute atomic E-state index is 9.69. The van der Waals surface area contributed by atoms with E-state index in [0.717, 1.165) is 38.9 Å². The van der Waals surface area contributed by atoms with Crippen LogP contribution < -0.4 is 0 Å². The van der Waals surface area contributed by atoms with Gasteiger partial charge in [-0.15, -0.1) is 0 Å². The zero-order valence-corrected chi connectivity index (χ0v) is 9.08. The van der Waals surface area contributed by atoms with E-state index in [1.165, 1.54) is 12.8 Å². The number of rotatable bonds is 6. The zero-order chi connectivity index (χ0) is 10.2. The minimum atomic E-state index is -0.215. The molecule has 0 aliphatic carbocycles. The highest BCUT2D eigenvalue weighted by molar-refractivity contribution is 4.68. The molecular weight excluding hydrogens is 180 g/mol. The molecule has 1 saturated heterocycles. The predicted octanol–water partition coefficient (Wildman–Crippen LogP) is 1.73. The standard InChI is InChI=1S/C11H22O3/c1-13-7-4-5-10(12)9-11-6-2-3-8-14-11/h10-12H,2-9H2,1H3. The van der Waals surface area contributed by atoms with E-state index >= 15 is 0 Å². The fourth-order valence-corrected chi connectivity index (χ4v) is 1.88. The van der Waals surface area contributed by atoms with E-state index in [-0.39, 0.29) is 6.10 Å². The molecule has 0 radical (unpaired) electrons. The highest BCUT2D eigenvalue weighted by Crippen LogP contribution is 2.18. The second kappa shape index (κ2) is 7.21. The molecule has 0 spiro atoms. The lowest BCUT2D eigenvalue weighted by atomic mass is 10.0. The Balaban J connectivity index is 2.03. The predicted molar refractivity (Wildman–Crippen MR) is 55.3 cm³/mol. The Morgan fingerprint density at radius 2 is 2.36 bits per heavy atom. The number of aliphatic hydroxyl groups is 1. The molecule has 14 heavy (non-hydrogen) atoms. The quantitative estimate of drug-likeness (QED) is 0.667. The van der Waals surface area contributed by atoms with Crippen LogP contribution in [0, 0.1) is 0 Å². The largest absolute Gasteiger partial charge is 0.393 e. The van der Waals surface area contributed by atoms with Crippen molar-refractivity contribution < 1.29 is 14.6 Å². The van der Waals surface area contributed by atoms with E-state index in [9.17, 15) is 5.11 Å². The lowest BCUT2D eigenvalue weighted by Crippen LogP contribution is -2.24. The average Bonchev–Trinajstić information content (AvgIpc) is 2.20. The van der Waals surface area contributed by atoms with Crippen LogP contribution in [0.4, 0.5) is 0 Å². The van der Waals surface area contributed by atoms with Gasteiger partial charge in [0.15, 0.2) is 0 Å². The molecule has 1 aliphatic heterocycles. The van der Waals surface area contributed by atoms with Crippen molar-refractivity contribution in [3.8, 4) is 0 Å². The van der Waals surface area contributed by atoms with Crippen molar-refractivity contribution >= 4 is 0 Å². The van der Waals surface area contributed by atoms with Crippen molar-refractivity contribution in [3.63, 3.8) is 0 Å². The van der Waals surface area contributed by atoms with Crippen molar-refractivity contribution in [3.05, 3.63) is 0 Å². The Morgan fingerprint density at radius 1 is 1.50 bits per heavy atom. The maximum atomic E-state index is 9.69. The van der Waals surface area contributed by atoms with Crippen molar-refractivity contribution in [2.45, 2.75) is 50.7 Å². The number of hydrogen-bond acceptors (Lipinski definition) is 3. The lowest BCUT2D eigenvalue weighted by Gasteiger charge is -2.24. The van der Waals surface area contributed by atoms with Gasteiger partial charge in [0.1, 0.15) is 0 Å². The van der Waals surface area contributed by atoms with Crippen LogP contribution in [0.15, 0.2) is 0 Å². The Bertz CT molecular complexity index is 132. The fourth-order valence-electron chi connectivity index (χ4n) is 1.88. The number of hydrogen-bond donors (Lipinski definition) is 1. The SMILES string of the molecule is COCCCC(O)CC1CCCCO1. The summed E-state index contributed by atoms with van der Waals surface area (Å²) in [5.41, 5.74) is 0. The fraction of sp³-hybridized carbons (Fsp3) is 1.00. The van der Waals surface area contributed by atoms with Gasteiger partial charge < -0.3 is 14.6 Å². The second-order valence-electron chi connectivity index (χ2n) is 4.01. The van der Waals surface area contributed by atoms with E-state index in [4.69, 9.17) is 9.47 Å². The Morgan fingerprint density at radius 3 is 3.00 bits per heavy atom. The van der Waals surface area contributed by atoms with E-state index in [0.29, 0.717) is 6.10 Å². The summed E-state index contributed by atoms with van der Waals surface area (Å²) < 4.78 is 10.5. The molecule has 1 N–H and O–H groups in total. The molecule has 1 aliphatic rings. The first kappa shape index (κ1) is 12.0. The molecule has 2 atom stereocenters. The Kier molecular flexibility index (Phi) is 6.15. The Labute approximate surface area is 86.4 Å². The molecule has 1 rings (SSSR count). The van der Waals surface area contributed by atoms with E-state index in [1.807, 2.05) is 0 Å². The topological polar surface area (TPSA) is 38.7 Å². The van der Waals surface area contributed by atoms with Gasteiger partial charge in [-0.05, 0) is 38.5 Å². The molecule has 1 heterocycles. The lowest BCUT2D eigenvalue weighted by molar-refractivity contribution is -0.0176. The van der Waals surface area contributed by atoms with Crippen LogP contribution in [-0.4, -0.2) is 37.6 Å². The first-order valence-electron chi connectivity index (χ1n) is 5.61. The molecular formula is C11H22O3. The highest BCUT2D eigenvalue weighted by Gasteiger charge is 2.17. The Hall–Kier alpha value is -0.120. The van der Waals surface area contributed by atoms with Gasteiger partial charge in [0.25, 0.3) is 0 Å². The summed E-state index contributed by atoms with van der Waals surface area (Å²) in [4.78, 5) is 0. The summed E-state index contributed by atoms with van der Waals surface area (Å²) in [6.07, 6.45) is 6.17. The van der Waals surface area contributed by atoms with Crippen molar-refractivity contribution in [2.24, 2.45) is 0 Å². The number of methoxy groups -OCH3 is 1. The van der Waals surface area contributed by atoms with Crippen molar-refractivity contribution in [1.82, 2.24) is 0 Å². The minimum Gasteiger partial charge on any atom is -0.393 e. The summed E-state index contributed by atoms with van der Waals surface area (Å²) in [5, 5.41) is 9.69. The molecule has 0 aromatic heterocycles. The maximum Gasteiger partial charge on any atom is 0.0599 e. The van der Waals surface area contributed by atoms with Gasteiger partial charge in [0, 0.05) is 20.3 Å². The molecule has 0 aromatic carbocycles. The smallest absolute Gasteiger partial charge is 0.0599 e. The molecule has 0 saturated carbocycles. The van der Waals surface area contributed by atoms with Crippen molar-refractivity contribution in [1.29, 1.82) is 0 Å². The van der Waals surface area contributed by atoms with E-state index in [2.05, 4.69) is 0 Å². The van der Waals surface area contributed by atoms with Gasteiger partial charge in [-0.1, -0.05) is 0 Å². The van der Waals surface area contributed by atoms with Gasteiger partial charge >= 0.3 is 0 Å². The summed E-state index contributed by atoms with van der Waals surface area (Å²) in [7, 11) is 1.69. The molecule has 3 nitrogen and oxygen atoms in total. The number of aliphatic hydroxyl groups excluding tert-OH is 1. The summed E-state index contributed by atoms with van der Waals surface area (Å²) in [5.74, 6) is 0. The van der Waals surface area contributed by atoms with E-state index in [1.54, 1.807) is 7.11 Å². The number of ether oxygens (including phenoxy) is 2. The molecule has 3 heteroatoms. The zero-order valence-electron chi connectivity index (χ0n) is 9.08. The van der Waals surface area contributed by atoms with E-state index < -0.39 is 0 Å². The molecule has 2 unspecified atom stereocenters. The minimum absolute atomic E-state index is 0.215. The molecule has 84 valence electrons. The van der Waals surface area contributed by atoms with Gasteiger partial charge in [-0.3, -0.25) is 0 Å². The third-order valence-corrected chi connectivity index (χ3v) is 2.69. The average molecular weight is 202 g/mol. The van der Waals surface area contributed by atoms with Gasteiger partial charge in [-0.2, -0.15) is 0 Å². The molecule has 1 fully saturated rings. The van der Waals surface area contributed by atoms with Crippen molar-refractivity contribution in [2.75, 3.05) is 20.3 Å². The first-order valence-corrected chi connectivity index (χ1v) is 5.61. The molecule has 0 aromatic rings. The monoisotopic (exact) mass is 202 g/mol. The third kappa shape index (κ3) is 4.94.